The number of hydrogen-bond donors (Lipinski definition) is 2. The average Bonchev–Trinajstić information content (AvgIpc) is 2.70. The van der Waals surface area contributed by atoms with Crippen LogP contribution in [0.2, 0.25) is 5.02 Å². The minimum atomic E-state index is -0.532. The van der Waals surface area contributed by atoms with Crippen LogP contribution in [0, 0.1) is 11.2 Å². The Morgan fingerprint density at radius 3 is 2.53 bits per heavy atom. The van der Waals surface area contributed by atoms with Crippen molar-refractivity contribution in [3.8, 4) is 11.1 Å². The maximum atomic E-state index is 14.5. The van der Waals surface area contributed by atoms with Crippen molar-refractivity contribution in [1.29, 1.82) is 0 Å². The summed E-state index contributed by atoms with van der Waals surface area (Å²) in [5.41, 5.74) is 2.13. The Kier molecular flexibility index (Phi) is 6.84. The number of carbonyl (C=O) groups excluding carboxylic acids is 1. The second-order valence-corrected chi connectivity index (χ2v) is 9.57. The molecule has 0 fully saturated rings. The number of H-pyrrole nitrogens is 1. The van der Waals surface area contributed by atoms with Crippen molar-refractivity contribution in [2.24, 2.45) is 5.41 Å². The average molecular weight is 456 g/mol. The number of Topliss-reactive ketones (excluding diaryl/α,β-unsaturated/α-hetero) is 1. The summed E-state index contributed by atoms with van der Waals surface area (Å²) in [6, 6.07) is 9.32. The summed E-state index contributed by atoms with van der Waals surface area (Å²) >= 11 is 6.03. The first kappa shape index (κ1) is 23.7. The number of pyridine rings is 2. The molecular formula is C25H27ClFN3O2. The van der Waals surface area contributed by atoms with Crippen LogP contribution in [0.5, 0.6) is 0 Å². The summed E-state index contributed by atoms with van der Waals surface area (Å²) < 4.78 is 14.5. The Hall–Kier alpha value is -2.99. The second-order valence-electron chi connectivity index (χ2n) is 9.13. The molecule has 0 saturated carbocycles. The molecule has 0 atom stereocenters. The summed E-state index contributed by atoms with van der Waals surface area (Å²) in [6.45, 7) is 9.54. The van der Waals surface area contributed by atoms with Gasteiger partial charge in [0, 0.05) is 45.7 Å². The van der Waals surface area contributed by atoms with Gasteiger partial charge in [-0.2, -0.15) is 0 Å². The lowest BCUT2D eigenvalue weighted by molar-refractivity contribution is -0.125. The lowest BCUT2D eigenvalue weighted by Gasteiger charge is -2.18. The highest BCUT2D eigenvalue weighted by Crippen LogP contribution is 2.30. The molecule has 0 unspecified atom stereocenters. The van der Waals surface area contributed by atoms with Crippen LogP contribution in [0.15, 0.2) is 47.4 Å². The molecule has 7 heteroatoms. The number of aromatic amines is 1. The van der Waals surface area contributed by atoms with Crippen LogP contribution >= 0.6 is 11.6 Å². The third kappa shape index (κ3) is 5.43. The van der Waals surface area contributed by atoms with Gasteiger partial charge in [-0.25, -0.2) is 4.39 Å². The number of rotatable bonds is 6. The molecule has 0 aliphatic carbocycles. The molecule has 2 heterocycles. The maximum absolute atomic E-state index is 14.5. The van der Waals surface area contributed by atoms with Crippen molar-refractivity contribution >= 4 is 28.8 Å². The van der Waals surface area contributed by atoms with Crippen molar-refractivity contribution in [2.75, 3.05) is 5.32 Å². The fourth-order valence-electron chi connectivity index (χ4n) is 3.25. The molecule has 3 rings (SSSR count). The van der Waals surface area contributed by atoms with E-state index in [1.165, 1.54) is 18.2 Å². The molecule has 3 aromatic rings. The molecule has 168 valence electrons. The van der Waals surface area contributed by atoms with Crippen molar-refractivity contribution in [3.05, 3.63) is 75.2 Å². The summed E-state index contributed by atoms with van der Waals surface area (Å²) in [5, 5.41) is 3.64. The molecule has 0 bridgehead atoms. The van der Waals surface area contributed by atoms with Gasteiger partial charge in [-0.05, 0) is 42.3 Å². The summed E-state index contributed by atoms with van der Waals surface area (Å²) in [7, 11) is 0. The zero-order valence-corrected chi connectivity index (χ0v) is 19.6. The van der Waals surface area contributed by atoms with Crippen LogP contribution in [0.25, 0.3) is 11.1 Å². The van der Waals surface area contributed by atoms with Crippen molar-refractivity contribution in [1.82, 2.24) is 9.97 Å². The fourth-order valence-corrected chi connectivity index (χ4v) is 3.42. The molecule has 2 aromatic heterocycles. The fraction of sp³-hybridized carbons (Fsp3) is 0.320. The number of benzene rings is 1. The Morgan fingerprint density at radius 1 is 1.16 bits per heavy atom. The molecule has 0 aliphatic heterocycles. The topological polar surface area (TPSA) is 74.8 Å². The quantitative estimate of drug-likeness (QED) is 0.460. The first-order valence-corrected chi connectivity index (χ1v) is 10.8. The predicted molar refractivity (Wildman–Crippen MR) is 127 cm³/mol. The van der Waals surface area contributed by atoms with Crippen LogP contribution in [0.3, 0.4) is 0 Å². The number of halogens is 2. The molecule has 0 spiro atoms. The molecule has 5 nitrogen and oxygen atoms in total. The minimum Gasteiger partial charge on any atom is -0.354 e. The molecule has 1 aromatic carbocycles. The number of hydrogen-bond acceptors (Lipinski definition) is 4. The minimum absolute atomic E-state index is 0.00670. The Labute approximate surface area is 192 Å². The van der Waals surface area contributed by atoms with E-state index < -0.39 is 16.8 Å². The van der Waals surface area contributed by atoms with E-state index in [2.05, 4.69) is 15.3 Å². The van der Waals surface area contributed by atoms with Crippen LogP contribution in [-0.4, -0.2) is 15.8 Å². The van der Waals surface area contributed by atoms with Crippen LogP contribution in [0.1, 0.15) is 51.9 Å². The van der Waals surface area contributed by atoms with E-state index in [9.17, 15) is 14.0 Å². The largest absolute Gasteiger partial charge is 0.354 e. The summed E-state index contributed by atoms with van der Waals surface area (Å²) in [4.78, 5) is 32.3. The number of carbonyl (C=O) groups is 1. The molecule has 0 aliphatic rings. The zero-order valence-electron chi connectivity index (χ0n) is 18.8. The van der Waals surface area contributed by atoms with Gasteiger partial charge < -0.3 is 10.3 Å². The predicted octanol–water partition coefficient (Wildman–Crippen LogP) is 6.25. The first-order valence-electron chi connectivity index (χ1n) is 10.4. The van der Waals surface area contributed by atoms with E-state index in [1.54, 1.807) is 24.4 Å². The van der Waals surface area contributed by atoms with Crippen LogP contribution in [-0.2, 0) is 11.2 Å². The molecule has 2 N–H and O–H groups in total. The van der Waals surface area contributed by atoms with Gasteiger partial charge in [0.05, 0.1) is 11.3 Å². The molecule has 0 amide bonds. The van der Waals surface area contributed by atoms with Crippen molar-refractivity contribution < 1.29 is 9.18 Å². The Balaban J connectivity index is 2.02. The third-order valence-corrected chi connectivity index (χ3v) is 5.38. The third-order valence-electron chi connectivity index (χ3n) is 5.14. The van der Waals surface area contributed by atoms with Crippen LogP contribution in [0.4, 0.5) is 15.8 Å². The van der Waals surface area contributed by atoms with E-state index in [0.717, 1.165) is 0 Å². The lowest BCUT2D eigenvalue weighted by Crippen LogP contribution is -2.22. The van der Waals surface area contributed by atoms with Gasteiger partial charge in [-0.3, -0.25) is 14.6 Å². The highest BCUT2D eigenvalue weighted by molar-refractivity contribution is 6.30. The number of aromatic nitrogens is 2. The summed E-state index contributed by atoms with van der Waals surface area (Å²) in [5.74, 6) is -0.435. The summed E-state index contributed by atoms with van der Waals surface area (Å²) in [6.07, 6.45) is 1.85. The van der Waals surface area contributed by atoms with E-state index >= 15 is 0 Å². The van der Waals surface area contributed by atoms with Gasteiger partial charge >= 0.3 is 0 Å². The monoisotopic (exact) mass is 455 g/mol. The van der Waals surface area contributed by atoms with Crippen molar-refractivity contribution in [3.63, 3.8) is 0 Å². The number of nitrogens with one attached hydrogen (secondary N) is 2. The number of nitrogens with zero attached hydrogens (tertiary/aromatic N) is 1. The maximum Gasteiger partial charge on any atom is 0.256 e. The standard InChI is InChI=1S/C25H27ClFN3O2/c1-14(2)23-21(13-19(24(32)30-23)18-10-15(26)6-7-20(18)27)29-16-8-9-28-17(11-16)12-22(31)25(3,4)5/h6-11,13-14H,12H2,1-5H3,(H,28,29)(H,30,32). The van der Waals surface area contributed by atoms with Gasteiger partial charge in [0.2, 0.25) is 0 Å². The molecule has 0 saturated heterocycles. The van der Waals surface area contributed by atoms with E-state index in [1.807, 2.05) is 34.6 Å². The number of ketones is 1. The molecule has 0 radical (unpaired) electrons. The zero-order chi connectivity index (χ0) is 23.6. The van der Waals surface area contributed by atoms with Gasteiger partial charge in [0.25, 0.3) is 5.56 Å². The normalized spacial score (nSPS) is 11.6. The van der Waals surface area contributed by atoms with Gasteiger partial charge in [0.15, 0.2) is 0 Å². The molecule has 32 heavy (non-hydrogen) atoms. The SMILES string of the molecule is CC(C)c1[nH]c(=O)c(-c2cc(Cl)ccc2F)cc1Nc1ccnc(CC(=O)C(C)(C)C)c1. The van der Waals surface area contributed by atoms with Crippen LogP contribution < -0.4 is 10.9 Å². The van der Waals surface area contributed by atoms with E-state index in [0.29, 0.717) is 27.8 Å². The van der Waals surface area contributed by atoms with E-state index in [4.69, 9.17) is 11.6 Å². The second kappa shape index (κ2) is 9.25. The molecular weight excluding hydrogens is 429 g/mol. The first-order chi connectivity index (χ1) is 15.0. The smallest absolute Gasteiger partial charge is 0.256 e. The Morgan fingerprint density at radius 2 is 1.88 bits per heavy atom. The lowest BCUT2D eigenvalue weighted by atomic mass is 9.88. The Bertz CT molecular complexity index is 1210. The van der Waals surface area contributed by atoms with Gasteiger partial charge in [-0.1, -0.05) is 46.2 Å². The van der Waals surface area contributed by atoms with Gasteiger partial charge in [-0.15, -0.1) is 0 Å². The van der Waals surface area contributed by atoms with E-state index in [-0.39, 0.29) is 29.2 Å². The van der Waals surface area contributed by atoms with Gasteiger partial charge in [0.1, 0.15) is 11.6 Å². The highest BCUT2D eigenvalue weighted by atomic mass is 35.5. The number of anilines is 2. The van der Waals surface area contributed by atoms with Crippen molar-refractivity contribution in [2.45, 2.75) is 47.0 Å². The highest BCUT2D eigenvalue weighted by Gasteiger charge is 2.22.